The number of likely N-dealkylation sites (tertiary alicyclic amines) is 1. The maximum absolute atomic E-state index is 11.3. The second-order valence-electron chi connectivity index (χ2n) is 8.20. The van der Waals surface area contributed by atoms with Crippen LogP contribution in [-0.4, -0.2) is 47.2 Å². The Balaban J connectivity index is 2.35. The highest BCUT2D eigenvalue weighted by Crippen LogP contribution is 2.36. The van der Waals surface area contributed by atoms with Gasteiger partial charge in [0, 0.05) is 18.5 Å². The molecule has 3 atom stereocenters. The molecular weight excluding hydrogens is 288 g/mol. The third-order valence-corrected chi connectivity index (χ3v) is 5.48. The summed E-state index contributed by atoms with van der Waals surface area (Å²) < 4.78 is 0.903. The van der Waals surface area contributed by atoms with Gasteiger partial charge in [0.15, 0.2) is 0 Å². The van der Waals surface area contributed by atoms with E-state index in [1.165, 1.54) is 10.5 Å². The van der Waals surface area contributed by atoms with Crippen LogP contribution in [-0.2, 0) is 6.54 Å². The van der Waals surface area contributed by atoms with E-state index in [1.54, 1.807) is 7.05 Å². The molecule has 0 aliphatic carbocycles. The van der Waals surface area contributed by atoms with Crippen molar-refractivity contribution in [2.75, 3.05) is 20.1 Å². The summed E-state index contributed by atoms with van der Waals surface area (Å²) in [6.45, 7) is 11.9. The fourth-order valence-electron chi connectivity index (χ4n) is 3.96. The normalized spacial score (nSPS) is 28.4. The summed E-state index contributed by atoms with van der Waals surface area (Å²) in [6.07, 6.45) is -0.161. The van der Waals surface area contributed by atoms with Crippen LogP contribution in [0.5, 0.6) is 0 Å². The van der Waals surface area contributed by atoms with Gasteiger partial charge in [-0.2, -0.15) is 0 Å². The lowest BCUT2D eigenvalue weighted by molar-refractivity contribution is -0.990. The monoisotopic (exact) mass is 318 g/mol. The molecule has 0 radical (unpaired) electrons. The van der Waals surface area contributed by atoms with Crippen LogP contribution < -0.4 is 5.11 Å². The topological polar surface area (TPSA) is 43.4 Å². The molecule has 1 amide bonds. The van der Waals surface area contributed by atoms with Crippen molar-refractivity contribution in [1.82, 2.24) is 4.90 Å². The third-order valence-electron chi connectivity index (χ3n) is 5.48. The molecule has 1 saturated heterocycles. The Labute approximate surface area is 140 Å². The van der Waals surface area contributed by atoms with Crippen molar-refractivity contribution in [3.63, 3.8) is 0 Å². The van der Waals surface area contributed by atoms with E-state index < -0.39 is 6.09 Å². The number of piperidine rings is 1. The van der Waals surface area contributed by atoms with E-state index in [4.69, 9.17) is 0 Å². The molecular formula is C19H30N2O2. The lowest BCUT2D eigenvalue weighted by atomic mass is 9.86. The fraction of sp³-hybridized carbons (Fsp3) is 0.632. The minimum absolute atomic E-state index is 0.0201. The number of hydrogen-bond donors (Lipinski definition) is 0. The lowest BCUT2D eigenvalue weighted by Gasteiger charge is -2.55. The van der Waals surface area contributed by atoms with E-state index in [-0.39, 0.29) is 11.6 Å². The van der Waals surface area contributed by atoms with Gasteiger partial charge in [0.2, 0.25) is 0 Å². The summed E-state index contributed by atoms with van der Waals surface area (Å²) in [4.78, 5) is 12.7. The first kappa shape index (κ1) is 17.8. The molecule has 0 saturated carbocycles. The van der Waals surface area contributed by atoms with E-state index in [9.17, 15) is 9.90 Å². The molecule has 1 aromatic carbocycles. The van der Waals surface area contributed by atoms with Gasteiger partial charge in [-0.3, -0.25) is 0 Å². The summed E-state index contributed by atoms with van der Waals surface area (Å²) in [6, 6.07) is 10.5. The van der Waals surface area contributed by atoms with E-state index in [1.807, 2.05) is 6.07 Å². The number of benzene rings is 1. The minimum atomic E-state index is -1.07. The molecule has 4 heteroatoms. The van der Waals surface area contributed by atoms with E-state index >= 15 is 0 Å². The molecule has 0 spiro atoms. The van der Waals surface area contributed by atoms with Crippen LogP contribution in [0.4, 0.5) is 4.79 Å². The summed E-state index contributed by atoms with van der Waals surface area (Å²) in [5.74, 6) is 0.485. The highest BCUT2D eigenvalue weighted by molar-refractivity contribution is 5.62. The second-order valence-corrected chi connectivity index (χ2v) is 8.20. The zero-order valence-corrected chi connectivity index (χ0v) is 15.1. The predicted octanol–water partition coefficient (Wildman–Crippen LogP) is 2.49. The maximum Gasteiger partial charge on any atom is 0.137 e. The van der Waals surface area contributed by atoms with Crippen molar-refractivity contribution in [3.05, 3.63) is 35.9 Å². The van der Waals surface area contributed by atoms with Gasteiger partial charge in [-0.15, -0.1) is 0 Å². The molecule has 4 nitrogen and oxygen atoms in total. The maximum atomic E-state index is 11.3. The largest absolute Gasteiger partial charge is 0.530 e. The molecule has 1 aliphatic rings. The molecule has 1 fully saturated rings. The quantitative estimate of drug-likeness (QED) is 0.804. The minimum Gasteiger partial charge on any atom is -0.530 e. The second kappa shape index (κ2) is 6.52. The highest BCUT2D eigenvalue weighted by atomic mass is 16.4. The predicted molar refractivity (Wildman–Crippen MR) is 90.6 cm³/mol. The summed E-state index contributed by atoms with van der Waals surface area (Å²) in [5, 5.41) is 11.3. The summed E-state index contributed by atoms with van der Waals surface area (Å²) in [7, 11) is 1.65. The first-order valence-corrected chi connectivity index (χ1v) is 8.48. The number of quaternary nitrogens is 1. The van der Waals surface area contributed by atoms with E-state index in [0.717, 1.165) is 30.5 Å². The van der Waals surface area contributed by atoms with Crippen LogP contribution in [0.15, 0.2) is 30.3 Å². The molecule has 2 rings (SSSR count). The molecule has 1 unspecified atom stereocenters. The molecule has 23 heavy (non-hydrogen) atoms. The number of carboxylic acid groups (broad SMARTS) is 1. The summed E-state index contributed by atoms with van der Waals surface area (Å²) in [5.41, 5.74) is 1.36. The Morgan fingerprint density at radius 2 is 1.87 bits per heavy atom. The molecule has 1 aromatic rings. The van der Waals surface area contributed by atoms with Gasteiger partial charge in [-0.25, -0.2) is 0 Å². The van der Waals surface area contributed by atoms with Crippen LogP contribution in [0, 0.1) is 5.92 Å². The van der Waals surface area contributed by atoms with Crippen LogP contribution in [0.1, 0.15) is 39.7 Å². The number of carbonyl (C=O) groups is 1. The first-order chi connectivity index (χ1) is 10.6. The zero-order valence-electron chi connectivity index (χ0n) is 15.1. The van der Waals surface area contributed by atoms with Gasteiger partial charge >= 0.3 is 0 Å². The smallest absolute Gasteiger partial charge is 0.137 e. The number of amides is 1. The Hall–Kier alpha value is -1.55. The SMILES string of the molecule is C[C@@H]1C[C@@H](N(C)C(=O)[O-])C[N+](Cc2ccccc2)(C(C)(C)C)C1. The van der Waals surface area contributed by atoms with Gasteiger partial charge in [-0.05, 0) is 27.2 Å². The fourth-order valence-corrected chi connectivity index (χ4v) is 3.96. The van der Waals surface area contributed by atoms with Crippen molar-refractivity contribution < 1.29 is 14.4 Å². The van der Waals surface area contributed by atoms with Gasteiger partial charge < -0.3 is 19.3 Å². The number of carbonyl (C=O) groups excluding carboxylic acids is 1. The third kappa shape index (κ3) is 3.86. The molecule has 0 bridgehead atoms. The number of likely N-dealkylation sites (N-methyl/N-ethyl adjacent to an activating group) is 1. The Bertz CT molecular complexity index is 538. The van der Waals surface area contributed by atoms with Crippen LogP contribution in [0.3, 0.4) is 0 Å². The van der Waals surface area contributed by atoms with E-state index in [0.29, 0.717) is 5.92 Å². The van der Waals surface area contributed by atoms with Crippen LogP contribution in [0.2, 0.25) is 0 Å². The molecule has 1 heterocycles. The van der Waals surface area contributed by atoms with Gasteiger partial charge in [0.25, 0.3) is 0 Å². The van der Waals surface area contributed by atoms with Crippen molar-refractivity contribution in [2.24, 2.45) is 5.92 Å². The van der Waals surface area contributed by atoms with Crippen molar-refractivity contribution in [1.29, 1.82) is 0 Å². The van der Waals surface area contributed by atoms with Gasteiger partial charge in [0.1, 0.15) is 12.6 Å². The first-order valence-electron chi connectivity index (χ1n) is 8.48. The molecule has 0 N–H and O–H groups in total. The van der Waals surface area contributed by atoms with Crippen LogP contribution in [0.25, 0.3) is 0 Å². The molecule has 1 aliphatic heterocycles. The standard InChI is InChI=1S/C19H30N2O2/c1-15-11-17(20(5)18(22)23)14-21(12-15,19(2,3)4)13-16-9-7-6-8-10-16/h6-10,15,17H,11-14H2,1-5H3/t15-,17-,21?/m1/s1. The number of rotatable bonds is 3. The molecule has 128 valence electrons. The zero-order chi connectivity index (χ0) is 17.3. The van der Waals surface area contributed by atoms with Gasteiger partial charge in [-0.1, -0.05) is 37.3 Å². The average molecular weight is 318 g/mol. The van der Waals surface area contributed by atoms with E-state index in [2.05, 4.69) is 52.0 Å². The Morgan fingerprint density at radius 1 is 1.26 bits per heavy atom. The lowest BCUT2D eigenvalue weighted by Crippen LogP contribution is -2.68. The average Bonchev–Trinajstić information content (AvgIpc) is 2.45. The molecule has 0 aromatic heterocycles. The Kier molecular flexibility index (Phi) is 5.04. The van der Waals surface area contributed by atoms with Gasteiger partial charge in [0.05, 0.1) is 24.7 Å². The van der Waals surface area contributed by atoms with Crippen molar-refractivity contribution >= 4 is 6.09 Å². The number of nitrogens with zero attached hydrogens (tertiary/aromatic N) is 2. The van der Waals surface area contributed by atoms with Crippen molar-refractivity contribution in [2.45, 2.75) is 52.2 Å². The Morgan fingerprint density at radius 3 is 2.39 bits per heavy atom. The van der Waals surface area contributed by atoms with Crippen LogP contribution >= 0.6 is 0 Å². The highest BCUT2D eigenvalue weighted by Gasteiger charge is 2.47. The number of hydrogen-bond acceptors (Lipinski definition) is 2. The summed E-state index contributed by atoms with van der Waals surface area (Å²) >= 11 is 0. The van der Waals surface area contributed by atoms with Crippen molar-refractivity contribution in [3.8, 4) is 0 Å².